The van der Waals surface area contributed by atoms with Crippen LogP contribution in [0.5, 0.6) is 11.8 Å². The molecule has 0 aliphatic heterocycles. The Bertz CT molecular complexity index is 578. The molecule has 0 saturated carbocycles. The van der Waals surface area contributed by atoms with E-state index < -0.39 is 0 Å². The van der Waals surface area contributed by atoms with Crippen molar-refractivity contribution in [3.05, 3.63) is 28.5 Å². The zero-order chi connectivity index (χ0) is 13.1. The molecule has 5 nitrogen and oxygen atoms in total. The van der Waals surface area contributed by atoms with E-state index in [2.05, 4.69) is 15.0 Å². The summed E-state index contributed by atoms with van der Waals surface area (Å²) in [5.41, 5.74) is 0.618. The Labute approximate surface area is 114 Å². The van der Waals surface area contributed by atoms with Crippen molar-refractivity contribution >= 4 is 23.2 Å². The number of halogens is 2. The molecule has 18 heavy (non-hydrogen) atoms. The second-order valence-electron chi connectivity index (χ2n) is 3.26. The summed E-state index contributed by atoms with van der Waals surface area (Å²) in [4.78, 5) is 11.9. The van der Waals surface area contributed by atoms with Crippen molar-refractivity contribution in [2.24, 2.45) is 0 Å². The molecule has 1 heterocycles. The molecule has 1 aromatic carbocycles. The largest absolute Gasteiger partial charge is 0.496 e. The molecule has 1 aromatic heterocycles. The van der Waals surface area contributed by atoms with Gasteiger partial charge in [-0.1, -0.05) is 11.6 Å². The molecule has 94 valence electrons. The SMILES string of the molecule is COc1nc(Cl)nc(-c2cc(Cl)ccc2OC)n1. The molecule has 0 spiro atoms. The highest BCUT2D eigenvalue weighted by atomic mass is 35.5. The monoisotopic (exact) mass is 285 g/mol. The molecule has 2 aromatic rings. The van der Waals surface area contributed by atoms with E-state index in [4.69, 9.17) is 32.7 Å². The number of benzene rings is 1. The van der Waals surface area contributed by atoms with E-state index in [0.717, 1.165) is 0 Å². The van der Waals surface area contributed by atoms with Crippen LogP contribution in [-0.2, 0) is 0 Å². The Morgan fingerprint density at radius 1 is 1.00 bits per heavy atom. The summed E-state index contributed by atoms with van der Waals surface area (Å²) in [7, 11) is 3.00. The summed E-state index contributed by atoms with van der Waals surface area (Å²) in [6.07, 6.45) is 0. The quantitative estimate of drug-likeness (QED) is 0.868. The third-order valence-electron chi connectivity index (χ3n) is 2.17. The number of hydrogen-bond acceptors (Lipinski definition) is 5. The molecule has 0 amide bonds. The summed E-state index contributed by atoms with van der Waals surface area (Å²) in [5.74, 6) is 0.926. The molecule has 7 heteroatoms. The highest BCUT2D eigenvalue weighted by Crippen LogP contribution is 2.31. The first-order chi connectivity index (χ1) is 8.63. The molecule has 0 unspecified atom stereocenters. The van der Waals surface area contributed by atoms with E-state index in [1.165, 1.54) is 7.11 Å². The van der Waals surface area contributed by atoms with Crippen LogP contribution in [0, 0.1) is 0 Å². The number of hydrogen-bond donors (Lipinski definition) is 0. The lowest BCUT2D eigenvalue weighted by atomic mass is 10.2. The van der Waals surface area contributed by atoms with E-state index in [9.17, 15) is 0 Å². The van der Waals surface area contributed by atoms with Crippen molar-refractivity contribution in [3.63, 3.8) is 0 Å². The van der Waals surface area contributed by atoms with Gasteiger partial charge in [0, 0.05) is 5.02 Å². The van der Waals surface area contributed by atoms with Crippen molar-refractivity contribution < 1.29 is 9.47 Å². The van der Waals surface area contributed by atoms with Gasteiger partial charge in [-0.25, -0.2) is 0 Å². The Hall–Kier alpha value is -1.59. The fourth-order valence-electron chi connectivity index (χ4n) is 1.40. The standard InChI is InChI=1S/C11H9Cl2N3O2/c1-17-8-4-3-6(12)5-7(8)9-14-10(13)16-11(15-9)18-2/h3-5H,1-2H3. The zero-order valence-electron chi connectivity index (χ0n) is 9.65. The van der Waals surface area contributed by atoms with Crippen molar-refractivity contribution in [3.8, 4) is 23.1 Å². The van der Waals surface area contributed by atoms with Gasteiger partial charge in [0.05, 0.1) is 19.8 Å². The highest BCUT2D eigenvalue weighted by molar-refractivity contribution is 6.31. The number of ether oxygens (including phenoxy) is 2. The minimum absolute atomic E-state index is 0.0406. The predicted octanol–water partition coefficient (Wildman–Crippen LogP) is 2.86. The summed E-state index contributed by atoms with van der Waals surface area (Å²) >= 11 is 11.7. The topological polar surface area (TPSA) is 57.1 Å². The number of aromatic nitrogens is 3. The van der Waals surface area contributed by atoms with Crippen LogP contribution < -0.4 is 9.47 Å². The normalized spacial score (nSPS) is 10.2. The molecular weight excluding hydrogens is 277 g/mol. The summed E-state index contributed by atoms with van der Waals surface area (Å²) in [6.45, 7) is 0. The maximum Gasteiger partial charge on any atom is 0.321 e. The number of rotatable bonds is 3. The Balaban J connectivity index is 2.60. The summed E-state index contributed by atoms with van der Waals surface area (Å²) in [6, 6.07) is 5.25. The van der Waals surface area contributed by atoms with Gasteiger partial charge >= 0.3 is 6.01 Å². The van der Waals surface area contributed by atoms with Crippen LogP contribution in [0.2, 0.25) is 10.3 Å². The first-order valence-electron chi connectivity index (χ1n) is 4.93. The Kier molecular flexibility index (Phi) is 3.84. The van der Waals surface area contributed by atoms with E-state index in [1.807, 2.05) is 0 Å². The van der Waals surface area contributed by atoms with Gasteiger partial charge in [0.2, 0.25) is 5.28 Å². The van der Waals surface area contributed by atoms with Crippen molar-refractivity contribution in [1.82, 2.24) is 15.0 Å². The highest BCUT2D eigenvalue weighted by Gasteiger charge is 2.13. The molecule has 0 fully saturated rings. The fourth-order valence-corrected chi connectivity index (χ4v) is 1.72. The first kappa shape index (κ1) is 12.9. The lowest BCUT2D eigenvalue weighted by Gasteiger charge is -2.08. The molecule has 0 aliphatic carbocycles. The third-order valence-corrected chi connectivity index (χ3v) is 2.58. The molecule has 0 bridgehead atoms. The Morgan fingerprint density at radius 3 is 2.44 bits per heavy atom. The van der Waals surface area contributed by atoms with Gasteiger partial charge in [-0.15, -0.1) is 0 Å². The van der Waals surface area contributed by atoms with Crippen LogP contribution >= 0.6 is 23.2 Å². The van der Waals surface area contributed by atoms with E-state index >= 15 is 0 Å². The second kappa shape index (κ2) is 5.37. The molecule has 0 saturated heterocycles. The lowest BCUT2D eigenvalue weighted by Crippen LogP contribution is -1.99. The maximum absolute atomic E-state index is 5.95. The molecule has 0 atom stereocenters. The van der Waals surface area contributed by atoms with Crippen LogP contribution in [0.1, 0.15) is 0 Å². The minimum Gasteiger partial charge on any atom is -0.496 e. The zero-order valence-corrected chi connectivity index (χ0v) is 11.2. The van der Waals surface area contributed by atoms with Crippen LogP contribution in [0.3, 0.4) is 0 Å². The van der Waals surface area contributed by atoms with Crippen molar-refractivity contribution in [1.29, 1.82) is 0 Å². The van der Waals surface area contributed by atoms with Gasteiger partial charge in [-0.3, -0.25) is 0 Å². The van der Waals surface area contributed by atoms with Crippen molar-refractivity contribution in [2.75, 3.05) is 14.2 Å². The lowest BCUT2D eigenvalue weighted by molar-refractivity contribution is 0.378. The molecule has 2 rings (SSSR count). The summed E-state index contributed by atoms with van der Waals surface area (Å²) < 4.78 is 10.2. The van der Waals surface area contributed by atoms with Gasteiger partial charge in [0.1, 0.15) is 5.75 Å². The minimum atomic E-state index is 0.0406. The average molecular weight is 286 g/mol. The number of methoxy groups -OCH3 is 2. The third kappa shape index (κ3) is 2.63. The van der Waals surface area contributed by atoms with E-state index in [0.29, 0.717) is 22.2 Å². The van der Waals surface area contributed by atoms with E-state index in [-0.39, 0.29) is 11.3 Å². The van der Waals surface area contributed by atoms with Gasteiger partial charge in [-0.05, 0) is 29.8 Å². The van der Waals surface area contributed by atoms with Crippen LogP contribution in [0.15, 0.2) is 18.2 Å². The van der Waals surface area contributed by atoms with E-state index in [1.54, 1.807) is 25.3 Å². The molecule has 0 radical (unpaired) electrons. The number of nitrogens with zero attached hydrogens (tertiary/aromatic N) is 3. The summed E-state index contributed by atoms with van der Waals surface area (Å²) in [5, 5.41) is 0.584. The van der Waals surface area contributed by atoms with Crippen LogP contribution in [-0.4, -0.2) is 29.2 Å². The first-order valence-corrected chi connectivity index (χ1v) is 5.69. The van der Waals surface area contributed by atoms with Crippen LogP contribution in [0.25, 0.3) is 11.4 Å². The van der Waals surface area contributed by atoms with Gasteiger partial charge in [0.15, 0.2) is 5.82 Å². The molecule has 0 N–H and O–H groups in total. The fraction of sp³-hybridized carbons (Fsp3) is 0.182. The van der Waals surface area contributed by atoms with Gasteiger partial charge < -0.3 is 9.47 Å². The van der Waals surface area contributed by atoms with Gasteiger partial charge in [-0.2, -0.15) is 15.0 Å². The van der Waals surface area contributed by atoms with Gasteiger partial charge in [0.25, 0.3) is 0 Å². The maximum atomic E-state index is 5.95. The van der Waals surface area contributed by atoms with Crippen LogP contribution in [0.4, 0.5) is 0 Å². The molecular formula is C11H9Cl2N3O2. The molecule has 0 aliphatic rings. The smallest absolute Gasteiger partial charge is 0.321 e. The average Bonchev–Trinajstić information content (AvgIpc) is 2.38. The second-order valence-corrected chi connectivity index (χ2v) is 4.03. The Morgan fingerprint density at radius 2 is 1.78 bits per heavy atom. The van der Waals surface area contributed by atoms with Crippen molar-refractivity contribution in [2.45, 2.75) is 0 Å². The predicted molar refractivity (Wildman–Crippen MR) is 68.4 cm³/mol.